The van der Waals surface area contributed by atoms with Crippen LogP contribution in [0.3, 0.4) is 0 Å². The van der Waals surface area contributed by atoms with Gasteiger partial charge in [-0.3, -0.25) is 24.6 Å². The van der Waals surface area contributed by atoms with Crippen molar-refractivity contribution in [3.05, 3.63) is 71.8 Å². The van der Waals surface area contributed by atoms with Gasteiger partial charge in [0.05, 0.1) is 25.0 Å². The highest BCUT2D eigenvalue weighted by Crippen LogP contribution is 2.64. The molecule has 23 heteroatoms. The van der Waals surface area contributed by atoms with Gasteiger partial charge in [0.25, 0.3) is 0 Å². The first-order valence-electron chi connectivity index (χ1n) is 15.1. The number of carbonyl (C=O) groups is 3. The summed E-state index contributed by atoms with van der Waals surface area (Å²) in [5, 5.41) is 2.67. The van der Waals surface area contributed by atoms with E-state index >= 15 is 0 Å². The first kappa shape index (κ1) is 42.6. The highest BCUT2D eigenvalue weighted by atomic mass is 19.4. The molecule has 0 aromatic heterocycles. The Morgan fingerprint density at radius 3 is 1.56 bits per heavy atom. The van der Waals surface area contributed by atoms with Crippen molar-refractivity contribution >= 4 is 17.8 Å². The summed E-state index contributed by atoms with van der Waals surface area (Å²) in [4.78, 5) is 40.7. The molecule has 54 heavy (non-hydrogen) atoms. The fourth-order valence-corrected chi connectivity index (χ4v) is 5.89. The number of likely N-dealkylation sites (tertiary alicyclic amines) is 1. The van der Waals surface area contributed by atoms with E-state index in [2.05, 4.69) is 10.1 Å². The van der Waals surface area contributed by atoms with E-state index in [0.717, 1.165) is 4.90 Å². The van der Waals surface area contributed by atoms with Gasteiger partial charge in [-0.15, -0.1) is 0 Å². The molecule has 1 N–H and O–H groups in total. The van der Waals surface area contributed by atoms with E-state index in [9.17, 15) is 89.0 Å². The molecule has 0 saturated carbocycles. The molecule has 6 nitrogen and oxygen atoms in total. The lowest BCUT2D eigenvalue weighted by Gasteiger charge is -2.42. The molecule has 2 amide bonds. The van der Waals surface area contributed by atoms with Gasteiger partial charge in [0.15, 0.2) is 0 Å². The van der Waals surface area contributed by atoms with Crippen LogP contribution >= 0.6 is 0 Å². The zero-order valence-corrected chi connectivity index (χ0v) is 26.4. The summed E-state index contributed by atoms with van der Waals surface area (Å²) in [6.45, 7) is -1.74. The van der Waals surface area contributed by atoms with Crippen LogP contribution in [-0.4, -0.2) is 83.0 Å². The predicted octanol–water partition coefficient (Wildman–Crippen LogP) is 7.83. The summed E-state index contributed by atoms with van der Waals surface area (Å²) < 4.78 is 235. The van der Waals surface area contributed by atoms with E-state index in [-0.39, 0.29) is 6.54 Å². The molecule has 0 spiro atoms. The topological polar surface area (TPSA) is 75.7 Å². The normalized spacial score (nSPS) is 22.1. The number of hydrogen-bond acceptors (Lipinski definition) is 5. The number of nitrogens with one attached hydrogen (secondary N) is 1. The maximum absolute atomic E-state index is 14.3. The molecule has 2 aromatic carbocycles. The lowest BCUT2D eigenvalue weighted by atomic mass is 9.86. The number of imide groups is 1. The Morgan fingerprint density at radius 1 is 0.611 bits per heavy atom. The van der Waals surface area contributed by atoms with Gasteiger partial charge >= 0.3 is 53.6 Å². The van der Waals surface area contributed by atoms with Gasteiger partial charge in [-0.05, 0) is 17.5 Å². The molecule has 2 saturated heterocycles. The van der Waals surface area contributed by atoms with Crippen LogP contribution in [0.25, 0.3) is 0 Å². The minimum Gasteiger partial charge on any atom is -0.465 e. The van der Waals surface area contributed by atoms with Gasteiger partial charge in [0.2, 0.25) is 11.8 Å². The Morgan fingerprint density at radius 2 is 1.06 bits per heavy atom. The highest BCUT2D eigenvalue weighted by Gasteiger charge is 2.95. The van der Waals surface area contributed by atoms with Crippen LogP contribution in [-0.2, 0) is 25.7 Å². The minimum atomic E-state index is -8.74. The maximum Gasteiger partial charge on any atom is 0.460 e. The molecule has 2 aromatic rings. The van der Waals surface area contributed by atoms with Crippen LogP contribution in [0.15, 0.2) is 60.7 Å². The second-order valence-corrected chi connectivity index (χ2v) is 12.3. The third-order valence-electron chi connectivity index (χ3n) is 8.83. The maximum atomic E-state index is 14.3. The molecule has 2 fully saturated rings. The molecule has 0 radical (unpaired) electrons. The largest absolute Gasteiger partial charge is 0.465 e. The van der Waals surface area contributed by atoms with Crippen molar-refractivity contribution in [2.45, 2.75) is 79.1 Å². The number of alkyl halides is 17. The van der Waals surface area contributed by atoms with Crippen LogP contribution < -0.4 is 5.32 Å². The summed E-state index contributed by atoms with van der Waals surface area (Å²) in [7, 11) is 0. The Kier molecular flexibility index (Phi) is 10.9. The van der Waals surface area contributed by atoms with Crippen molar-refractivity contribution < 1.29 is 93.8 Å². The molecular formula is C31H23F17N2O4. The molecular weight excluding hydrogens is 787 g/mol. The molecule has 0 aliphatic carbocycles. The van der Waals surface area contributed by atoms with Crippen LogP contribution in [0.4, 0.5) is 74.6 Å². The van der Waals surface area contributed by atoms with Crippen LogP contribution in [0.5, 0.6) is 0 Å². The number of rotatable bonds is 14. The summed E-state index contributed by atoms with van der Waals surface area (Å²) in [6, 6.07) is 12.8. The number of hydrogen-bond donors (Lipinski definition) is 1. The smallest absolute Gasteiger partial charge is 0.460 e. The van der Waals surface area contributed by atoms with Crippen LogP contribution in [0, 0.1) is 11.8 Å². The van der Waals surface area contributed by atoms with E-state index in [4.69, 9.17) is 0 Å². The summed E-state index contributed by atoms with van der Waals surface area (Å²) in [5.41, 5.74) is 0.857. The molecule has 0 unspecified atom stereocenters. The second kappa shape index (κ2) is 13.8. The van der Waals surface area contributed by atoms with E-state index in [1.54, 1.807) is 36.4 Å². The molecule has 2 aliphatic heterocycles. The van der Waals surface area contributed by atoms with Gasteiger partial charge in [0.1, 0.15) is 6.04 Å². The number of esters is 1. The zero-order valence-electron chi connectivity index (χ0n) is 26.4. The van der Waals surface area contributed by atoms with Crippen molar-refractivity contribution in [1.29, 1.82) is 0 Å². The standard InChI is InChI=1S/C31H23F17N2O4/c32-24(33,25(34,35)26(36,37)27(38,39)28(40,41)29(42,43)30(44,45)31(46,47)48)12-7-13-54-23(53)20-18-17(19(49-20)16-10-5-2-6-11-16)21(51)50(22(18)52)14-15-8-3-1-4-9-15/h1-6,8-11,17-20,49H,7,12-14H2/t17-,18+,19-,20-/m1/s1. The molecule has 4 atom stereocenters. The van der Waals surface area contributed by atoms with Crippen LogP contribution in [0.2, 0.25) is 0 Å². The zero-order chi connectivity index (χ0) is 41.1. The van der Waals surface area contributed by atoms with Crippen molar-refractivity contribution in [1.82, 2.24) is 10.2 Å². The average molecular weight is 811 g/mol. The molecule has 2 heterocycles. The van der Waals surface area contributed by atoms with Crippen LogP contribution in [0.1, 0.15) is 30.0 Å². The number of carbonyl (C=O) groups excluding carboxylic acids is 3. The predicted molar refractivity (Wildman–Crippen MR) is 146 cm³/mol. The van der Waals surface area contributed by atoms with Gasteiger partial charge in [-0.25, -0.2) is 0 Å². The van der Waals surface area contributed by atoms with E-state index < -0.39 is 109 Å². The second-order valence-electron chi connectivity index (χ2n) is 12.3. The van der Waals surface area contributed by atoms with E-state index in [0.29, 0.717) is 11.1 Å². The van der Waals surface area contributed by atoms with Crippen molar-refractivity contribution in [3.8, 4) is 0 Å². The lowest BCUT2D eigenvalue weighted by molar-refractivity contribution is -0.461. The Bertz CT molecular complexity index is 1700. The molecule has 2 aliphatic rings. The quantitative estimate of drug-likeness (QED) is 0.0912. The van der Waals surface area contributed by atoms with Crippen molar-refractivity contribution in [2.75, 3.05) is 6.61 Å². The molecule has 0 bridgehead atoms. The minimum absolute atomic E-state index is 0.254. The average Bonchev–Trinajstić information content (AvgIpc) is 3.59. The molecule has 4 rings (SSSR count). The highest BCUT2D eigenvalue weighted by molar-refractivity contribution is 6.08. The first-order chi connectivity index (χ1) is 24.5. The van der Waals surface area contributed by atoms with E-state index in [1.165, 1.54) is 24.3 Å². The van der Waals surface area contributed by atoms with Gasteiger partial charge in [0, 0.05) is 12.5 Å². The Balaban J connectivity index is 1.49. The summed E-state index contributed by atoms with van der Waals surface area (Å²) in [6.07, 6.45) is -12.4. The summed E-state index contributed by atoms with van der Waals surface area (Å²) in [5.74, 6) is -63.2. The van der Waals surface area contributed by atoms with Crippen molar-refractivity contribution in [3.63, 3.8) is 0 Å². The Labute approximate surface area is 291 Å². The van der Waals surface area contributed by atoms with Gasteiger partial charge in [-0.1, -0.05) is 60.7 Å². The number of amides is 2. The summed E-state index contributed by atoms with van der Waals surface area (Å²) >= 11 is 0. The SMILES string of the molecule is O=C(OCCCC(F)(F)C(F)(F)C(F)(F)C(F)(F)C(F)(F)C(F)(F)C(F)(F)C(F)(F)F)[C@@H]1N[C@H](c2ccccc2)[C@@H]2C(=O)N(Cc3ccccc3)C(=O)[C@@H]21. The van der Waals surface area contributed by atoms with E-state index in [1.807, 2.05) is 0 Å². The number of halogens is 17. The van der Waals surface area contributed by atoms with Gasteiger partial charge in [-0.2, -0.15) is 74.6 Å². The fourth-order valence-electron chi connectivity index (χ4n) is 5.89. The number of ether oxygens (including phenoxy) is 1. The number of fused-ring (bicyclic) bond motifs is 1. The first-order valence-corrected chi connectivity index (χ1v) is 15.1. The lowest BCUT2D eigenvalue weighted by Crippen LogP contribution is -2.74. The molecule has 300 valence electrons. The monoisotopic (exact) mass is 810 g/mol. The number of nitrogens with zero attached hydrogens (tertiary/aromatic N) is 1. The van der Waals surface area contributed by atoms with Gasteiger partial charge < -0.3 is 4.74 Å². The number of benzene rings is 2. The Hall–Kier alpha value is -4.18. The fraction of sp³-hybridized carbons (Fsp3) is 0.516. The van der Waals surface area contributed by atoms with Crippen molar-refractivity contribution in [2.24, 2.45) is 11.8 Å². The third-order valence-corrected chi connectivity index (χ3v) is 8.83. The third kappa shape index (κ3) is 6.52.